The van der Waals surface area contributed by atoms with E-state index in [2.05, 4.69) is 31.3 Å². The Balaban J connectivity index is 1.91. The fraction of sp³-hybridized carbons (Fsp3) is 0.647. The Morgan fingerprint density at radius 2 is 2.00 bits per heavy atom. The van der Waals surface area contributed by atoms with Crippen LogP contribution in [0.15, 0.2) is 18.2 Å². The summed E-state index contributed by atoms with van der Waals surface area (Å²) in [6.45, 7) is 6.00. The summed E-state index contributed by atoms with van der Waals surface area (Å²) in [4.78, 5) is 0. The van der Waals surface area contributed by atoms with Crippen LogP contribution in [-0.2, 0) is 6.42 Å². The molecule has 1 atom stereocenters. The first-order valence-electron chi connectivity index (χ1n) is 7.67. The molecule has 20 heavy (non-hydrogen) atoms. The topological polar surface area (TPSA) is 32.3 Å². The number of nitrogens with one attached hydrogen (secondary N) is 1. The van der Waals surface area contributed by atoms with Crippen molar-refractivity contribution in [2.75, 3.05) is 13.2 Å². The van der Waals surface area contributed by atoms with Crippen molar-refractivity contribution in [2.24, 2.45) is 5.41 Å². The van der Waals surface area contributed by atoms with Crippen LogP contribution in [0.25, 0.3) is 0 Å². The molecule has 1 unspecified atom stereocenters. The minimum absolute atomic E-state index is 0.248. The molecule has 2 rings (SSSR count). The number of hydrogen-bond acceptors (Lipinski definition) is 2. The van der Waals surface area contributed by atoms with Crippen LogP contribution in [-0.4, -0.2) is 18.3 Å². The van der Waals surface area contributed by atoms with Gasteiger partial charge in [0.15, 0.2) is 0 Å². The van der Waals surface area contributed by atoms with Gasteiger partial charge in [-0.25, -0.2) is 0 Å². The Hall–Kier alpha value is -0.570. The molecule has 2 N–H and O–H groups in total. The van der Waals surface area contributed by atoms with Crippen molar-refractivity contribution in [3.63, 3.8) is 0 Å². The average molecular weight is 296 g/mol. The van der Waals surface area contributed by atoms with Crippen LogP contribution in [0.4, 0.5) is 0 Å². The summed E-state index contributed by atoms with van der Waals surface area (Å²) >= 11 is 6.15. The summed E-state index contributed by atoms with van der Waals surface area (Å²) in [5.74, 6) is 0. The van der Waals surface area contributed by atoms with E-state index in [9.17, 15) is 0 Å². The second kappa shape index (κ2) is 6.93. The average Bonchev–Trinajstić information content (AvgIpc) is 2.64. The van der Waals surface area contributed by atoms with Gasteiger partial charge in [0.05, 0.1) is 0 Å². The van der Waals surface area contributed by atoms with Gasteiger partial charge in [-0.05, 0) is 54.5 Å². The molecule has 0 saturated heterocycles. The number of hydrogen-bond donors (Lipinski definition) is 2. The van der Waals surface area contributed by atoms with E-state index in [1.165, 1.54) is 24.0 Å². The summed E-state index contributed by atoms with van der Waals surface area (Å²) in [5, 5.41) is 13.3. The molecular weight excluding hydrogens is 270 g/mol. The van der Waals surface area contributed by atoms with E-state index >= 15 is 0 Å². The first-order valence-corrected chi connectivity index (χ1v) is 8.05. The third-order valence-electron chi connectivity index (χ3n) is 4.28. The first kappa shape index (κ1) is 15.8. The van der Waals surface area contributed by atoms with Crippen molar-refractivity contribution < 1.29 is 5.11 Å². The van der Waals surface area contributed by atoms with Gasteiger partial charge in [0.2, 0.25) is 0 Å². The zero-order valence-electron chi connectivity index (χ0n) is 12.6. The molecule has 1 aliphatic rings. The van der Waals surface area contributed by atoms with Crippen LogP contribution in [0.1, 0.15) is 56.7 Å². The predicted octanol–water partition coefficient (Wildman–Crippen LogP) is 4.11. The maximum atomic E-state index is 8.77. The number of unbranched alkanes of at least 4 members (excludes halogenated alkanes) is 3. The van der Waals surface area contributed by atoms with E-state index in [0.717, 1.165) is 30.8 Å². The van der Waals surface area contributed by atoms with Gasteiger partial charge in [0, 0.05) is 17.7 Å². The number of rotatable bonds is 7. The molecule has 0 fully saturated rings. The fourth-order valence-electron chi connectivity index (χ4n) is 3.23. The summed E-state index contributed by atoms with van der Waals surface area (Å²) in [5.41, 5.74) is 3.05. The van der Waals surface area contributed by atoms with Gasteiger partial charge in [-0.15, -0.1) is 0 Å². The summed E-state index contributed by atoms with van der Waals surface area (Å²) < 4.78 is 0. The minimum atomic E-state index is 0.248. The molecule has 3 heteroatoms. The number of aliphatic hydroxyl groups is 1. The second-order valence-electron chi connectivity index (χ2n) is 6.53. The molecule has 0 bridgehead atoms. The van der Waals surface area contributed by atoms with Gasteiger partial charge in [0.25, 0.3) is 0 Å². The molecule has 2 nitrogen and oxygen atoms in total. The van der Waals surface area contributed by atoms with Crippen LogP contribution in [0.5, 0.6) is 0 Å². The Bertz CT molecular complexity index is 445. The Labute approximate surface area is 127 Å². The van der Waals surface area contributed by atoms with Gasteiger partial charge in [0.1, 0.15) is 0 Å². The standard InChI is InChI=1S/C17H26ClNO/c1-17(2)12-13-7-8-14(18)11-15(13)16(17)19-9-5-3-4-6-10-20/h7-8,11,16,19-20H,3-6,9-10,12H2,1-2H3. The molecule has 0 aliphatic heterocycles. The first-order chi connectivity index (χ1) is 9.54. The fourth-order valence-corrected chi connectivity index (χ4v) is 3.41. The smallest absolute Gasteiger partial charge is 0.0431 e. The summed E-state index contributed by atoms with van der Waals surface area (Å²) in [6.07, 6.45) is 5.51. The molecular formula is C17H26ClNO. The highest BCUT2D eigenvalue weighted by atomic mass is 35.5. The van der Waals surface area contributed by atoms with Crippen molar-refractivity contribution in [1.82, 2.24) is 5.32 Å². The quantitative estimate of drug-likeness (QED) is 0.742. The monoisotopic (exact) mass is 295 g/mol. The number of aliphatic hydroxyl groups excluding tert-OH is 1. The van der Waals surface area contributed by atoms with Crippen LogP contribution in [0.3, 0.4) is 0 Å². The molecule has 0 radical (unpaired) electrons. The van der Waals surface area contributed by atoms with Crippen LogP contribution in [0, 0.1) is 5.41 Å². The van der Waals surface area contributed by atoms with Gasteiger partial charge < -0.3 is 10.4 Å². The minimum Gasteiger partial charge on any atom is -0.396 e. The van der Waals surface area contributed by atoms with Gasteiger partial charge >= 0.3 is 0 Å². The Morgan fingerprint density at radius 1 is 1.25 bits per heavy atom. The summed E-state index contributed by atoms with van der Waals surface area (Å²) in [7, 11) is 0. The third-order valence-corrected chi connectivity index (χ3v) is 4.51. The Morgan fingerprint density at radius 3 is 2.75 bits per heavy atom. The van der Waals surface area contributed by atoms with Crippen molar-refractivity contribution in [2.45, 2.75) is 52.0 Å². The van der Waals surface area contributed by atoms with Crippen molar-refractivity contribution >= 4 is 11.6 Å². The molecule has 0 amide bonds. The van der Waals surface area contributed by atoms with E-state index in [0.29, 0.717) is 12.6 Å². The van der Waals surface area contributed by atoms with Gasteiger partial charge in [-0.2, -0.15) is 0 Å². The normalized spacial score (nSPS) is 20.1. The zero-order valence-corrected chi connectivity index (χ0v) is 13.3. The lowest BCUT2D eigenvalue weighted by molar-refractivity contribution is 0.265. The van der Waals surface area contributed by atoms with Crippen LogP contribution in [0.2, 0.25) is 5.02 Å². The lowest BCUT2D eigenvalue weighted by Crippen LogP contribution is -2.31. The zero-order chi connectivity index (χ0) is 14.6. The maximum absolute atomic E-state index is 8.77. The molecule has 0 saturated carbocycles. The van der Waals surface area contributed by atoms with Gasteiger partial charge in [-0.1, -0.05) is 44.4 Å². The molecule has 0 aromatic heterocycles. The van der Waals surface area contributed by atoms with E-state index in [4.69, 9.17) is 16.7 Å². The molecule has 0 spiro atoms. The second-order valence-corrected chi connectivity index (χ2v) is 6.97. The summed E-state index contributed by atoms with van der Waals surface area (Å²) in [6, 6.07) is 6.68. The molecule has 0 heterocycles. The largest absolute Gasteiger partial charge is 0.396 e. The molecule has 1 aromatic rings. The van der Waals surface area contributed by atoms with Gasteiger partial charge in [-0.3, -0.25) is 0 Å². The van der Waals surface area contributed by atoms with Crippen LogP contribution >= 0.6 is 11.6 Å². The number of benzene rings is 1. The van der Waals surface area contributed by atoms with E-state index in [-0.39, 0.29) is 5.41 Å². The van der Waals surface area contributed by atoms with Crippen molar-refractivity contribution in [1.29, 1.82) is 0 Å². The van der Waals surface area contributed by atoms with Crippen molar-refractivity contribution in [3.8, 4) is 0 Å². The SMILES string of the molecule is CC1(C)Cc2ccc(Cl)cc2C1NCCCCCCO. The van der Waals surface area contributed by atoms with Crippen LogP contribution < -0.4 is 5.32 Å². The number of halogens is 1. The highest BCUT2D eigenvalue weighted by molar-refractivity contribution is 6.30. The van der Waals surface area contributed by atoms with E-state index in [1.807, 2.05) is 6.07 Å². The van der Waals surface area contributed by atoms with Crippen molar-refractivity contribution in [3.05, 3.63) is 34.3 Å². The lowest BCUT2D eigenvalue weighted by atomic mass is 9.85. The third kappa shape index (κ3) is 3.75. The molecule has 1 aliphatic carbocycles. The van der Waals surface area contributed by atoms with E-state index in [1.54, 1.807) is 0 Å². The predicted molar refractivity (Wildman–Crippen MR) is 85.2 cm³/mol. The maximum Gasteiger partial charge on any atom is 0.0431 e. The highest BCUT2D eigenvalue weighted by Gasteiger charge is 2.38. The lowest BCUT2D eigenvalue weighted by Gasteiger charge is -2.28. The number of fused-ring (bicyclic) bond motifs is 1. The molecule has 112 valence electrons. The van der Waals surface area contributed by atoms with E-state index < -0.39 is 0 Å². The highest BCUT2D eigenvalue weighted by Crippen LogP contribution is 2.45. The Kier molecular flexibility index (Phi) is 5.48. The molecule has 1 aromatic carbocycles.